The lowest BCUT2D eigenvalue weighted by atomic mass is 9.87. The Labute approximate surface area is 381 Å². The molecule has 0 spiro atoms. The first-order valence-corrected chi connectivity index (χ1v) is 26.4. The van der Waals surface area contributed by atoms with Gasteiger partial charge in [0.2, 0.25) is 16.9 Å². The molecule has 2 aromatic heterocycles. The van der Waals surface area contributed by atoms with Crippen molar-refractivity contribution >= 4 is 69.1 Å². The molecule has 0 aromatic carbocycles. The van der Waals surface area contributed by atoms with Crippen LogP contribution in [0.25, 0.3) is 11.2 Å². The number of nitrogen functional groups attached to an aromatic ring is 1. The lowest BCUT2D eigenvalue weighted by molar-refractivity contribution is -0.137. The van der Waals surface area contributed by atoms with Crippen LogP contribution in [0.4, 0.5) is 5.82 Å². The van der Waals surface area contributed by atoms with E-state index in [1.54, 1.807) is 0 Å². The summed E-state index contributed by atoms with van der Waals surface area (Å²) in [6.07, 6.45) is 12.3. The Bertz CT molecular complexity index is 2050. The van der Waals surface area contributed by atoms with Gasteiger partial charge < -0.3 is 50.9 Å². The summed E-state index contributed by atoms with van der Waals surface area (Å²) in [5.41, 5.74) is 4.27. The molecule has 65 heavy (non-hydrogen) atoms. The maximum absolute atomic E-state index is 12.7. The van der Waals surface area contributed by atoms with Crippen molar-refractivity contribution in [3.05, 3.63) is 37.0 Å². The van der Waals surface area contributed by atoms with E-state index >= 15 is 0 Å². The summed E-state index contributed by atoms with van der Waals surface area (Å²) in [4.78, 5) is 88.1. The number of phosphoric acid groups is 3. The van der Waals surface area contributed by atoms with Gasteiger partial charge in [-0.05, 0) is 31.8 Å². The van der Waals surface area contributed by atoms with Gasteiger partial charge in [0, 0.05) is 30.7 Å². The van der Waals surface area contributed by atoms with E-state index in [1.807, 2.05) is 6.08 Å². The van der Waals surface area contributed by atoms with Gasteiger partial charge in [0.25, 0.3) is 0 Å². The summed E-state index contributed by atoms with van der Waals surface area (Å²) in [7, 11) is -16.4. The third kappa shape index (κ3) is 20.4. The number of carbonyl (C=O) groups is 3. The number of allylic oxidation sites excluding steroid dienone is 3. The van der Waals surface area contributed by atoms with Crippen molar-refractivity contribution in [2.24, 2.45) is 5.41 Å². The average molecular weight is 1000 g/mol. The van der Waals surface area contributed by atoms with E-state index in [0.717, 1.165) is 48.2 Å². The minimum atomic E-state index is -5.58. The van der Waals surface area contributed by atoms with E-state index in [4.69, 9.17) is 19.5 Å². The molecule has 2 aromatic rings. The molecule has 1 saturated heterocycles. The second-order valence-corrected chi connectivity index (χ2v) is 20.9. The molecule has 28 heteroatoms. The van der Waals surface area contributed by atoms with Crippen molar-refractivity contribution in [3.63, 3.8) is 0 Å². The van der Waals surface area contributed by atoms with Crippen LogP contribution in [0, 0.1) is 5.41 Å². The Morgan fingerprint density at radius 1 is 0.938 bits per heavy atom. The Morgan fingerprint density at radius 3 is 2.31 bits per heavy atom. The van der Waals surface area contributed by atoms with Crippen molar-refractivity contribution in [1.29, 1.82) is 0 Å². The van der Waals surface area contributed by atoms with Crippen LogP contribution in [0.2, 0.25) is 0 Å². The van der Waals surface area contributed by atoms with Gasteiger partial charge in [0.15, 0.2) is 17.7 Å². The highest BCUT2D eigenvalue weighted by Crippen LogP contribution is 2.61. The predicted molar refractivity (Wildman–Crippen MR) is 237 cm³/mol. The number of nitrogens with two attached hydrogens (primary N) is 1. The lowest BCUT2D eigenvalue weighted by Gasteiger charge is -2.30. The number of unbranched alkanes of at least 4 members (excludes halogenated alkanes) is 8. The van der Waals surface area contributed by atoms with Crippen molar-refractivity contribution < 1.29 is 80.5 Å². The van der Waals surface area contributed by atoms with Gasteiger partial charge in [0.1, 0.15) is 36.3 Å². The smallest absolute Gasteiger partial charge is 0.386 e. The number of carbonyl (C=O) groups excluding carboxylic acids is 3. The number of rotatable bonds is 31. The number of hydrogen-bond acceptors (Lipinski definition) is 18. The number of fused-ring (bicyclic) bond motifs is 1. The highest BCUT2D eigenvalue weighted by atomic mass is 32.2. The van der Waals surface area contributed by atoms with Gasteiger partial charge in [-0.3, -0.25) is 32.5 Å². The van der Waals surface area contributed by atoms with E-state index in [1.165, 1.54) is 64.9 Å². The molecule has 10 N–H and O–H groups in total. The van der Waals surface area contributed by atoms with Crippen LogP contribution in [0.3, 0.4) is 0 Å². The molecule has 1 aliphatic rings. The zero-order valence-electron chi connectivity index (χ0n) is 36.5. The molecule has 2 amide bonds. The second kappa shape index (κ2) is 27.1. The van der Waals surface area contributed by atoms with Gasteiger partial charge in [-0.1, -0.05) is 89.3 Å². The summed E-state index contributed by atoms with van der Waals surface area (Å²) in [6.45, 7) is 2.71. The molecule has 0 saturated carbocycles. The molecular formula is C37H62N7O17P3S. The highest BCUT2D eigenvalue weighted by molar-refractivity contribution is 8.14. The third-order valence-corrected chi connectivity index (χ3v) is 13.6. The number of thioether (sulfide) groups is 1. The predicted octanol–water partition coefficient (Wildman–Crippen LogP) is 3.70. The molecule has 3 rings (SSSR count). The van der Waals surface area contributed by atoms with Crippen LogP contribution >= 0.6 is 35.2 Å². The number of ether oxygens (including phenoxy) is 1. The van der Waals surface area contributed by atoms with Gasteiger partial charge in [-0.15, -0.1) is 0 Å². The fraction of sp³-hybridized carbons (Fsp3) is 0.676. The van der Waals surface area contributed by atoms with E-state index in [-0.39, 0.29) is 41.6 Å². The molecule has 2 unspecified atom stereocenters. The number of aliphatic hydroxyl groups is 2. The van der Waals surface area contributed by atoms with E-state index in [9.17, 15) is 57.9 Å². The largest absolute Gasteiger partial charge is 0.481 e. The molecule has 3 heterocycles. The average Bonchev–Trinajstić information content (AvgIpc) is 3.79. The second-order valence-electron chi connectivity index (χ2n) is 15.6. The summed E-state index contributed by atoms with van der Waals surface area (Å²) in [5, 5.41) is 26.4. The molecule has 0 bridgehead atoms. The normalized spacial score (nSPS) is 20.6. The van der Waals surface area contributed by atoms with Gasteiger partial charge in [-0.2, -0.15) is 4.31 Å². The first-order chi connectivity index (χ1) is 30.6. The van der Waals surface area contributed by atoms with Crippen molar-refractivity contribution in [2.45, 2.75) is 122 Å². The lowest BCUT2D eigenvalue weighted by Crippen LogP contribution is -2.46. The molecule has 0 radical (unpaired) electrons. The summed E-state index contributed by atoms with van der Waals surface area (Å²) >= 11 is 1.05. The SMILES string of the molecule is CCCCCCCCC/C=C\CC/C=C/C(=O)SCCNC(=O)CCNC(=O)[C@H](O)C(C)(C)COP(=O)(O)OP(=O)(O)OC[C@H]1O[C@@H](n2cnc3c(N)ncnc32)[C@H](O)[C@@H]1OP(=O)(O)O. The minimum Gasteiger partial charge on any atom is -0.386 e. The Balaban J connectivity index is 1.35. The number of aliphatic hydroxyl groups excluding tert-OH is 2. The van der Waals surface area contributed by atoms with Crippen LogP contribution < -0.4 is 16.4 Å². The van der Waals surface area contributed by atoms with E-state index < -0.39 is 84.6 Å². The van der Waals surface area contributed by atoms with Crippen LogP contribution in [0.1, 0.15) is 97.6 Å². The highest BCUT2D eigenvalue weighted by Gasteiger charge is 2.50. The minimum absolute atomic E-state index is 0.0311. The van der Waals surface area contributed by atoms with E-state index in [0.29, 0.717) is 5.75 Å². The quantitative estimate of drug-likeness (QED) is 0.0225. The number of imidazole rings is 1. The van der Waals surface area contributed by atoms with Crippen LogP contribution in [0.5, 0.6) is 0 Å². The zero-order valence-corrected chi connectivity index (χ0v) is 40.0. The molecule has 7 atom stereocenters. The third-order valence-electron chi connectivity index (χ3n) is 9.64. The van der Waals surface area contributed by atoms with Crippen molar-refractivity contribution in [3.8, 4) is 0 Å². The fourth-order valence-electron chi connectivity index (χ4n) is 6.16. The number of amides is 2. The fourth-order valence-corrected chi connectivity index (χ4v) is 9.58. The molecule has 24 nitrogen and oxygen atoms in total. The number of nitrogens with zero attached hydrogens (tertiary/aromatic N) is 4. The van der Waals surface area contributed by atoms with E-state index in [2.05, 4.69) is 53.5 Å². The van der Waals surface area contributed by atoms with Gasteiger partial charge >= 0.3 is 23.5 Å². The number of hydrogen-bond donors (Lipinski definition) is 9. The van der Waals surface area contributed by atoms with Crippen LogP contribution in [-0.4, -0.2) is 123 Å². The molecule has 1 fully saturated rings. The van der Waals surface area contributed by atoms with Crippen LogP contribution in [0.15, 0.2) is 37.0 Å². The maximum atomic E-state index is 12.7. The molecular weight excluding hydrogens is 939 g/mol. The first-order valence-electron chi connectivity index (χ1n) is 20.9. The summed E-state index contributed by atoms with van der Waals surface area (Å²) in [5.74, 6) is -1.12. The Kier molecular flexibility index (Phi) is 23.5. The standard InChI is InChI=1S/C37H62N7O17P3S/c1-4-5-6-7-8-9-10-11-12-13-14-15-16-17-28(46)65-21-20-39-27(45)18-19-40-35(49)32(48)37(2,3)23-58-64(55,56)61-63(53,54)57-22-26-31(60-62(50,51)52)30(47)36(59-26)44-25-43-29-33(38)41-24-42-34(29)44/h12-13,16-17,24-26,30-32,36,47-48H,4-11,14-15,18-23H2,1-3H3,(H,39,45)(H,40,49)(H,53,54)(H,55,56)(H2,38,41,42)(H2,50,51,52)/b13-12-,17-16+/t26-,30-,31-,32+,36-/m1/s1. The monoisotopic (exact) mass is 1000 g/mol. The molecule has 0 aliphatic carbocycles. The number of anilines is 1. The van der Waals surface area contributed by atoms with Crippen molar-refractivity contribution in [2.75, 3.05) is 37.8 Å². The van der Waals surface area contributed by atoms with Gasteiger partial charge in [0.05, 0.1) is 19.5 Å². The number of aromatic nitrogens is 4. The first kappa shape index (κ1) is 56.4. The molecule has 1 aliphatic heterocycles. The zero-order chi connectivity index (χ0) is 48.3. The maximum Gasteiger partial charge on any atom is 0.481 e. The van der Waals surface area contributed by atoms with Gasteiger partial charge in [-0.25, -0.2) is 28.6 Å². The Hall–Kier alpha value is -2.96. The van der Waals surface area contributed by atoms with Crippen molar-refractivity contribution in [1.82, 2.24) is 30.2 Å². The summed E-state index contributed by atoms with van der Waals surface area (Å²) < 4.78 is 62.4. The molecule has 368 valence electrons. The number of phosphoric ester groups is 3. The number of nitrogens with one attached hydrogen (secondary N) is 2. The summed E-state index contributed by atoms with van der Waals surface area (Å²) in [6, 6.07) is 0. The Morgan fingerprint density at radius 2 is 1.60 bits per heavy atom. The topological polar surface area (TPSA) is 364 Å². The van der Waals surface area contributed by atoms with Crippen LogP contribution in [-0.2, 0) is 50.7 Å².